The van der Waals surface area contributed by atoms with E-state index in [0.717, 1.165) is 29.2 Å². The van der Waals surface area contributed by atoms with Crippen LogP contribution in [0.4, 0.5) is 24.8 Å². The molecule has 0 atom stereocenters. The molecule has 1 heterocycles. The number of aromatic nitrogens is 2. The maximum absolute atomic E-state index is 13.4. The molecular formula is C20H18F3N3S. The molecular weight excluding hydrogens is 371 g/mol. The van der Waals surface area contributed by atoms with Gasteiger partial charge in [0.1, 0.15) is 10.6 Å². The molecule has 0 aliphatic rings. The fourth-order valence-electron chi connectivity index (χ4n) is 2.52. The van der Waals surface area contributed by atoms with Crippen molar-refractivity contribution in [1.29, 1.82) is 0 Å². The Balaban J connectivity index is 2.03. The molecule has 0 radical (unpaired) electrons. The fraction of sp³-hybridized carbons (Fsp3) is 0.200. The van der Waals surface area contributed by atoms with Crippen molar-refractivity contribution in [2.45, 2.75) is 29.9 Å². The first-order valence-electron chi connectivity index (χ1n) is 8.40. The molecule has 3 aromatic rings. The lowest BCUT2D eigenvalue weighted by molar-refractivity contribution is -0.140. The highest BCUT2D eigenvalue weighted by Gasteiger charge is 2.35. The third-order valence-electron chi connectivity index (χ3n) is 3.91. The third kappa shape index (κ3) is 4.60. The molecule has 0 bridgehead atoms. The monoisotopic (exact) mass is 389 g/mol. The predicted octanol–water partition coefficient (Wildman–Crippen LogP) is 6.11. The number of halogens is 3. The Labute approximate surface area is 160 Å². The molecule has 3 nitrogen and oxygen atoms in total. The molecule has 0 unspecified atom stereocenters. The summed E-state index contributed by atoms with van der Waals surface area (Å²) < 4.78 is 40.3. The molecule has 140 valence electrons. The van der Waals surface area contributed by atoms with Gasteiger partial charge in [0.15, 0.2) is 0 Å². The molecule has 1 aromatic heterocycles. The lowest BCUT2D eigenvalue weighted by Crippen LogP contribution is -2.20. The number of nitrogens with zero attached hydrogens (tertiary/aromatic N) is 3. The number of hydrogen-bond donors (Lipinski definition) is 0. The Morgan fingerprint density at radius 1 is 1.00 bits per heavy atom. The van der Waals surface area contributed by atoms with Gasteiger partial charge in [-0.2, -0.15) is 13.2 Å². The smallest absolute Gasteiger partial charge is 0.311 e. The molecule has 0 fully saturated rings. The van der Waals surface area contributed by atoms with Gasteiger partial charge in [-0.25, -0.2) is 9.97 Å². The normalized spacial score (nSPS) is 11.4. The van der Waals surface area contributed by atoms with Crippen LogP contribution in [0.25, 0.3) is 0 Å². The zero-order valence-electron chi connectivity index (χ0n) is 14.9. The lowest BCUT2D eigenvalue weighted by Gasteiger charge is -2.22. The molecule has 0 saturated carbocycles. The number of alkyl halides is 3. The van der Waals surface area contributed by atoms with Crippen LogP contribution in [-0.4, -0.2) is 16.5 Å². The van der Waals surface area contributed by atoms with Crippen LogP contribution in [0.1, 0.15) is 18.1 Å². The summed E-state index contributed by atoms with van der Waals surface area (Å²) in [5.74, 6) is 0.243. The standard InChI is InChI=1S/C20H18F3N3S/c1-3-26(15-11-9-14(2)10-12-15)19-24-13-17(20(21,22)23)18(25-19)27-16-7-5-4-6-8-16/h4-13H,3H2,1-2H3. The highest BCUT2D eigenvalue weighted by atomic mass is 32.2. The van der Waals surface area contributed by atoms with Crippen LogP contribution in [0, 0.1) is 6.92 Å². The summed E-state index contributed by atoms with van der Waals surface area (Å²) >= 11 is 0.983. The highest BCUT2D eigenvalue weighted by molar-refractivity contribution is 7.99. The van der Waals surface area contributed by atoms with Gasteiger partial charge in [-0.15, -0.1) is 0 Å². The van der Waals surface area contributed by atoms with Crippen molar-refractivity contribution >= 4 is 23.4 Å². The zero-order valence-corrected chi connectivity index (χ0v) is 15.7. The first kappa shape index (κ1) is 19.2. The molecule has 3 rings (SSSR count). The maximum atomic E-state index is 13.4. The van der Waals surface area contributed by atoms with E-state index < -0.39 is 11.7 Å². The maximum Gasteiger partial charge on any atom is 0.420 e. The van der Waals surface area contributed by atoms with Gasteiger partial charge in [-0.3, -0.25) is 0 Å². The van der Waals surface area contributed by atoms with Crippen LogP contribution in [0.3, 0.4) is 0 Å². The van der Waals surface area contributed by atoms with Gasteiger partial charge in [-0.05, 0) is 38.1 Å². The van der Waals surface area contributed by atoms with Crippen molar-refractivity contribution in [2.24, 2.45) is 0 Å². The van der Waals surface area contributed by atoms with Crippen LogP contribution in [0.15, 0.2) is 70.7 Å². The van der Waals surface area contributed by atoms with E-state index in [-0.39, 0.29) is 11.0 Å². The quantitative estimate of drug-likeness (QED) is 0.492. The molecule has 0 aliphatic carbocycles. The zero-order chi connectivity index (χ0) is 19.4. The Morgan fingerprint density at radius 3 is 2.26 bits per heavy atom. The number of aryl methyl sites for hydroxylation is 1. The van der Waals surface area contributed by atoms with Crippen LogP contribution < -0.4 is 4.90 Å². The summed E-state index contributed by atoms with van der Waals surface area (Å²) in [4.78, 5) is 10.7. The van der Waals surface area contributed by atoms with E-state index in [1.165, 1.54) is 0 Å². The second-order valence-electron chi connectivity index (χ2n) is 5.88. The minimum Gasteiger partial charge on any atom is -0.311 e. The topological polar surface area (TPSA) is 29.0 Å². The minimum atomic E-state index is -4.52. The summed E-state index contributed by atoms with van der Waals surface area (Å²) in [5.41, 5.74) is 1.10. The Morgan fingerprint density at radius 2 is 1.67 bits per heavy atom. The van der Waals surface area contributed by atoms with Gasteiger partial charge >= 0.3 is 6.18 Å². The molecule has 0 amide bonds. The molecule has 0 aliphatic heterocycles. The van der Waals surface area contributed by atoms with Crippen LogP contribution in [0.2, 0.25) is 0 Å². The Hall–Kier alpha value is -2.54. The average molecular weight is 389 g/mol. The first-order chi connectivity index (χ1) is 12.9. The number of anilines is 2. The van der Waals surface area contributed by atoms with Gasteiger partial charge in [-0.1, -0.05) is 47.7 Å². The summed E-state index contributed by atoms with van der Waals surface area (Å²) in [6.45, 7) is 4.41. The minimum absolute atomic E-state index is 0.107. The van der Waals surface area contributed by atoms with Gasteiger partial charge in [0, 0.05) is 23.3 Å². The number of hydrogen-bond acceptors (Lipinski definition) is 4. The highest BCUT2D eigenvalue weighted by Crippen LogP contribution is 2.39. The second-order valence-corrected chi connectivity index (χ2v) is 6.94. The third-order valence-corrected chi connectivity index (χ3v) is 4.92. The molecule has 2 aromatic carbocycles. The van der Waals surface area contributed by atoms with E-state index >= 15 is 0 Å². The summed E-state index contributed by atoms with van der Waals surface area (Å²) in [6, 6.07) is 16.6. The van der Waals surface area contributed by atoms with Crippen molar-refractivity contribution in [3.05, 3.63) is 71.9 Å². The molecule has 7 heteroatoms. The molecule has 27 heavy (non-hydrogen) atoms. The number of rotatable bonds is 5. The predicted molar refractivity (Wildman–Crippen MR) is 101 cm³/mol. The fourth-order valence-corrected chi connectivity index (χ4v) is 3.45. The van der Waals surface area contributed by atoms with Crippen molar-refractivity contribution in [3.8, 4) is 0 Å². The van der Waals surface area contributed by atoms with Gasteiger partial charge in [0.2, 0.25) is 5.95 Å². The van der Waals surface area contributed by atoms with Crippen molar-refractivity contribution in [2.75, 3.05) is 11.4 Å². The van der Waals surface area contributed by atoms with Gasteiger partial charge < -0.3 is 4.90 Å². The molecule has 0 spiro atoms. The first-order valence-corrected chi connectivity index (χ1v) is 9.21. The van der Waals surface area contributed by atoms with Crippen LogP contribution >= 0.6 is 11.8 Å². The summed E-state index contributed by atoms with van der Waals surface area (Å²) in [6.07, 6.45) is -3.65. The Bertz CT molecular complexity index is 897. The van der Waals surface area contributed by atoms with E-state index in [1.807, 2.05) is 44.2 Å². The van der Waals surface area contributed by atoms with Crippen molar-refractivity contribution in [1.82, 2.24) is 9.97 Å². The van der Waals surface area contributed by atoms with E-state index in [2.05, 4.69) is 9.97 Å². The van der Waals surface area contributed by atoms with E-state index in [0.29, 0.717) is 11.4 Å². The number of benzene rings is 2. The van der Waals surface area contributed by atoms with E-state index in [9.17, 15) is 13.2 Å². The summed E-state index contributed by atoms with van der Waals surface area (Å²) in [7, 11) is 0. The van der Waals surface area contributed by atoms with Crippen LogP contribution in [0.5, 0.6) is 0 Å². The largest absolute Gasteiger partial charge is 0.420 e. The average Bonchev–Trinajstić information content (AvgIpc) is 2.64. The van der Waals surface area contributed by atoms with Gasteiger partial charge in [0.25, 0.3) is 0 Å². The Kier molecular flexibility index (Phi) is 5.70. The van der Waals surface area contributed by atoms with E-state index in [4.69, 9.17) is 0 Å². The molecule has 0 N–H and O–H groups in total. The van der Waals surface area contributed by atoms with Crippen LogP contribution in [-0.2, 0) is 6.18 Å². The summed E-state index contributed by atoms with van der Waals surface area (Å²) in [5, 5.41) is -0.107. The molecule has 0 saturated heterocycles. The second kappa shape index (κ2) is 8.00. The van der Waals surface area contributed by atoms with Crippen molar-refractivity contribution in [3.63, 3.8) is 0 Å². The van der Waals surface area contributed by atoms with Gasteiger partial charge in [0.05, 0.1) is 0 Å². The van der Waals surface area contributed by atoms with Crippen molar-refractivity contribution < 1.29 is 13.2 Å². The van der Waals surface area contributed by atoms with E-state index in [1.54, 1.807) is 29.2 Å². The lowest BCUT2D eigenvalue weighted by atomic mass is 10.2. The SMILES string of the molecule is CCN(c1ccc(C)cc1)c1ncc(C(F)(F)F)c(Sc2ccccc2)n1.